The minimum Gasteiger partial charge on any atom is -0.394 e. The number of aliphatic hydroxyl groups is 2. The van der Waals surface area contributed by atoms with Crippen molar-refractivity contribution in [3.8, 4) is 0 Å². The summed E-state index contributed by atoms with van der Waals surface area (Å²) in [6.07, 6.45) is 0.502. The van der Waals surface area contributed by atoms with Crippen LogP contribution in [0.1, 0.15) is 47.5 Å². The molecular weight excluding hydrogens is 380 g/mol. The van der Waals surface area contributed by atoms with Crippen molar-refractivity contribution in [3.63, 3.8) is 0 Å². The van der Waals surface area contributed by atoms with E-state index in [0.29, 0.717) is 19.1 Å². The quantitative estimate of drug-likeness (QED) is 0.197. The van der Waals surface area contributed by atoms with Crippen LogP contribution in [0.25, 0.3) is 0 Å². The molecule has 0 fully saturated rings. The number of aldehydes is 1. The third-order valence-electron chi connectivity index (χ3n) is 4.69. The van der Waals surface area contributed by atoms with Crippen LogP contribution in [-0.4, -0.2) is 71.1 Å². The van der Waals surface area contributed by atoms with Crippen LogP contribution >= 0.6 is 0 Å². The highest BCUT2D eigenvalue weighted by atomic mass is 16.3. The van der Waals surface area contributed by atoms with E-state index in [2.05, 4.69) is 16.0 Å². The van der Waals surface area contributed by atoms with Crippen molar-refractivity contribution in [1.29, 1.82) is 0 Å². The van der Waals surface area contributed by atoms with Crippen molar-refractivity contribution in [3.05, 3.63) is 0 Å². The van der Waals surface area contributed by atoms with Gasteiger partial charge in [0.05, 0.1) is 18.8 Å². The first-order chi connectivity index (χ1) is 13.5. The predicted octanol–water partition coefficient (Wildman–Crippen LogP) is -1.57. The second kappa shape index (κ2) is 13.2. The Morgan fingerprint density at radius 2 is 1.48 bits per heavy atom. The molecule has 0 aromatic carbocycles. The van der Waals surface area contributed by atoms with E-state index in [1.165, 1.54) is 6.92 Å². The molecule has 168 valence electrons. The first kappa shape index (κ1) is 27.0. The van der Waals surface area contributed by atoms with E-state index in [4.69, 9.17) is 5.73 Å². The minimum atomic E-state index is -1.34. The van der Waals surface area contributed by atoms with Gasteiger partial charge in [-0.25, -0.2) is 0 Å². The number of nitrogens with two attached hydrogens (primary N) is 1. The molecule has 0 radical (unpaired) electrons. The smallest absolute Gasteiger partial charge is 0.245 e. The van der Waals surface area contributed by atoms with Gasteiger partial charge in [0, 0.05) is 0 Å². The summed E-state index contributed by atoms with van der Waals surface area (Å²) in [7, 11) is 0. The van der Waals surface area contributed by atoms with Gasteiger partial charge >= 0.3 is 0 Å². The summed E-state index contributed by atoms with van der Waals surface area (Å²) in [6.45, 7) is 8.06. The van der Waals surface area contributed by atoms with E-state index in [1.54, 1.807) is 0 Å². The number of nitrogens with one attached hydrogen (secondary N) is 3. The van der Waals surface area contributed by atoms with Gasteiger partial charge in [-0.3, -0.25) is 14.4 Å². The summed E-state index contributed by atoms with van der Waals surface area (Å²) in [4.78, 5) is 48.4. The van der Waals surface area contributed by atoms with Gasteiger partial charge in [0.1, 0.15) is 24.4 Å². The van der Waals surface area contributed by atoms with Crippen molar-refractivity contribution in [1.82, 2.24) is 16.0 Å². The van der Waals surface area contributed by atoms with E-state index in [0.717, 1.165) is 0 Å². The lowest BCUT2D eigenvalue weighted by Gasteiger charge is -2.26. The number of rotatable bonds is 13. The van der Waals surface area contributed by atoms with Crippen LogP contribution in [0.2, 0.25) is 0 Å². The van der Waals surface area contributed by atoms with Gasteiger partial charge < -0.3 is 36.7 Å². The van der Waals surface area contributed by atoms with Crippen LogP contribution in [-0.2, 0) is 19.2 Å². The predicted molar refractivity (Wildman–Crippen MR) is 108 cm³/mol. The number of hydrogen-bond acceptors (Lipinski definition) is 7. The SMILES string of the molecule is CC[C@H](C)[C@@H](C=O)NC(=O)[C@H](CC(C)C)NC(=O)[C@H](CO)NC(=O)[C@@H](N)[C@@H](C)O. The largest absolute Gasteiger partial charge is 0.394 e. The standard InChI is InChI=1S/C19H36N4O6/c1-6-11(4)14(8-24)22-17(27)13(7-10(2)3)21-18(28)15(9-25)23-19(29)16(20)12(5)26/h8,10-16,25-26H,6-7,9,20H2,1-5H3,(H,21,28)(H,22,27)(H,23,29)/t11-,12+,13-,14+,15-,16-/m0/s1. The molecule has 0 saturated heterocycles. The van der Waals surface area contributed by atoms with E-state index < -0.39 is 54.6 Å². The molecule has 29 heavy (non-hydrogen) atoms. The number of carbonyl (C=O) groups is 4. The molecule has 0 saturated carbocycles. The van der Waals surface area contributed by atoms with Crippen molar-refractivity contribution in [2.75, 3.05) is 6.61 Å². The van der Waals surface area contributed by atoms with Gasteiger partial charge in [-0.15, -0.1) is 0 Å². The molecular formula is C19H36N4O6. The summed E-state index contributed by atoms with van der Waals surface area (Å²) in [5.41, 5.74) is 5.52. The maximum atomic E-state index is 12.6. The van der Waals surface area contributed by atoms with Crippen LogP contribution in [0.3, 0.4) is 0 Å². The Morgan fingerprint density at radius 1 is 0.966 bits per heavy atom. The zero-order chi connectivity index (χ0) is 22.7. The van der Waals surface area contributed by atoms with Gasteiger partial charge in [-0.2, -0.15) is 0 Å². The first-order valence-electron chi connectivity index (χ1n) is 9.89. The maximum absolute atomic E-state index is 12.6. The van der Waals surface area contributed by atoms with Gasteiger partial charge in [0.2, 0.25) is 17.7 Å². The lowest BCUT2D eigenvalue weighted by Crippen LogP contribution is -2.59. The molecule has 0 aliphatic rings. The zero-order valence-corrected chi connectivity index (χ0v) is 17.8. The minimum absolute atomic E-state index is 0.0511. The molecule has 0 aromatic rings. The lowest BCUT2D eigenvalue weighted by atomic mass is 9.98. The fourth-order valence-electron chi connectivity index (χ4n) is 2.49. The van der Waals surface area contributed by atoms with Gasteiger partial charge in [0.15, 0.2) is 0 Å². The molecule has 10 heteroatoms. The topological polar surface area (TPSA) is 171 Å². The van der Waals surface area contributed by atoms with Crippen LogP contribution in [0.5, 0.6) is 0 Å². The Kier molecular flexibility index (Phi) is 12.3. The normalized spacial score (nSPS) is 17.4. The third-order valence-corrected chi connectivity index (χ3v) is 4.69. The van der Waals surface area contributed by atoms with Crippen LogP contribution in [0.4, 0.5) is 0 Å². The molecule has 0 rings (SSSR count). The number of amides is 3. The molecule has 0 aliphatic heterocycles. The highest BCUT2D eigenvalue weighted by Gasteiger charge is 2.30. The lowest BCUT2D eigenvalue weighted by molar-refractivity contribution is -0.134. The number of aliphatic hydroxyl groups excluding tert-OH is 2. The molecule has 10 nitrogen and oxygen atoms in total. The Labute approximate surface area is 172 Å². The van der Waals surface area contributed by atoms with Gasteiger partial charge in [-0.1, -0.05) is 34.1 Å². The second-order valence-corrected chi connectivity index (χ2v) is 7.76. The highest BCUT2D eigenvalue weighted by molar-refractivity contribution is 5.93. The first-order valence-corrected chi connectivity index (χ1v) is 9.89. The monoisotopic (exact) mass is 416 g/mol. The van der Waals surface area contributed by atoms with Gasteiger partial charge in [0.25, 0.3) is 0 Å². The fourth-order valence-corrected chi connectivity index (χ4v) is 2.49. The molecule has 0 bridgehead atoms. The van der Waals surface area contributed by atoms with Crippen molar-refractivity contribution in [2.45, 2.75) is 77.7 Å². The number of hydrogen-bond donors (Lipinski definition) is 6. The van der Waals surface area contributed by atoms with E-state index in [-0.39, 0.29) is 11.8 Å². The molecule has 0 spiro atoms. The van der Waals surface area contributed by atoms with E-state index >= 15 is 0 Å². The maximum Gasteiger partial charge on any atom is 0.245 e. The Bertz CT molecular complexity index is 555. The summed E-state index contributed by atoms with van der Waals surface area (Å²) in [6, 6.07) is -4.25. The van der Waals surface area contributed by atoms with Crippen LogP contribution in [0.15, 0.2) is 0 Å². The summed E-state index contributed by atoms with van der Waals surface area (Å²) in [5.74, 6) is -2.12. The third kappa shape index (κ3) is 9.33. The van der Waals surface area contributed by atoms with Crippen molar-refractivity contribution >= 4 is 24.0 Å². The molecule has 0 unspecified atom stereocenters. The molecule has 0 aliphatic carbocycles. The summed E-state index contributed by atoms with van der Waals surface area (Å²) < 4.78 is 0. The van der Waals surface area contributed by atoms with Gasteiger partial charge in [-0.05, 0) is 25.2 Å². The highest BCUT2D eigenvalue weighted by Crippen LogP contribution is 2.09. The molecule has 0 heterocycles. The van der Waals surface area contributed by atoms with Crippen LogP contribution < -0.4 is 21.7 Å². The zero-order valence-electron chi connectivity index (χ0n) is 17.8. The summed E-state index contributed by atoms with van der Waals surface area (Å²) >= 11 is 0. The van der Waals surface area contributed by atoms with Crippen molar-refractivity contribution in [2.24, 2.45) is 17.6 Å². The Hall–Kier alpha value is -2.04. The van der Waals surface area contributed by atoms with E-state index in [1.807, 2.05) is 27.7 Å². The van der Waals surface area contributed by atoms with Crippen LogP contribution in [0, 0.1) is 11.8 Å². The average Bonchev–Trinajstić information content (AvgIpc) is 2.67. The van der Waals surface area contributed by atoms with E-state index in [9.17, 15) is 29.4 Å². The Morgan fingerprint density at radius 3 is 1.90 bits per heavy atom. The average molecular weight is 417 g/mol. The summed E-state index contributed by atoms with van der Waals surface area (Å²) in [5, 5.41) is 26.2. The molecule has 0 aromatic heterocycles. The molecule has 3 amide bonds. The molecule has 6 atom stereocenters. The fraction of sp³-hybridized carbons (Fsp3) is 0.789. The second-order valence-electron chi connectivity index (χ2n) is 7.76. The molecule has 7 N–H and O–H groups in total. The number of carbonyl (C=O) groups excluding carboxylic acids is 4. The van der Waals surface area contributed by atoms with Crippen molar-refractivity contribution < 1.29 is 29.4 Å². The Balaban J connectivity index is 5.22.